The molecule has 0 fully saturated rings. The fourth-order valence-electron chi connectivity index (χ4n) is 2.49. The van der Waals surface area contributed by atoms with Gasteiger partial charge in [-0.15, -0.1) is 11.7 Å². The summed E-state index contributed by atoms with van der Waals surface area (Å²) in [7, 11) is 0. The van der Waals surface area contributed by atoms with Crippen LogP contribution >= 0.6 is 11.2 Å². The second-order valence-electron chi connectivity index (χ2n) is 4.83. The van der Waals surface area contributed by atoms with Gasteiger partial charge < -0.3 is 0 Å². The van der Waals surface area contributed by atoms with E-state index in [0.717, 1.165) is 17.0 Å². The van der Waals surface area contributed by atoms with Crippen LogP contribution in [0.2, 0.25) is 0 Å². The lowest BCUT2D eigenvalue weighted by Crippen LogP contribution is -2.22. The van der Waals surface area contributed by atoms with E-state index in [-0.39, 0.29) is 5.69 Å². The summed E-state index contributed by atoms with van der Waals surface area (Å²) in [5.41, 5.74) is 2.43. The van der Waals surface area contributed by atoms with Gasteiger partial charge in [0.1, 0.15) is 4.90 Å². The van der Waals surface area contributed by atoms with Crippen LogP contribution in [-0.4, -0.2) is 11.1 Å². The van der Waals surface area contributed by atoms with Crippen molar-refractivity contribution in [3.05, 3.63) is 60.2 Å². The Balaban J connectivity index is 2.11. The second-order valence-corrected chi connectivity index (χ2v) is 6.08. The second kappa shape index (κ2) is 5.32. The highest BCUT2D eigenvalue weighted by molar-refractivity contribution is 8.21. The van der Waals surface area contributed by atoms with Crippen LogP contribution in [-0.2, 0) is 0 Å². The van der Waals surface area contributed by atoms with E-state index in [1.807, 2.05) is 0 Å². The Kier molecular flexibility index (Phi) is 3.57. The number of amides is 1. The summed E-state index contributed by atoms with van der Waals surface area (Å²) in [6, 6.07) is 9.93. The molecule has 2 aromatic carbocycles. The molecule has 0 radical (unpaired) electrons. The molecule has 0 aromatic heterocycles. The smallest absolute Gasteiger partial charge is 0.263 e. The molecule has 0 saturated heterocycles. The van der Waals surface area contributed by atoms with Crippen LogP contribution in [0.4, 0.5) is 23.0 Å². The molecule has 1 aliphatic rings. The van der Waals surface area contributed by atoms with Crippen molar-refractivity contribution < 1.29 is 21.7 Å². The largest absolute Gasteiger partial charge is 0.291 e. The molecule has 0 aliphatic carbocycles. The maximum atomic E-state index is 13.2. The molecular weight excluding hydrogens is 329 g/mol. The first-order valence-electron chi connectivity index (χ1n) is 6.43. The lowest BCUT2D eigenvalue weighted by molar-refractivity contribution is 0.101. The Bertz CT molecular complexity index is 786. The third-order valence-electron chi connectivity index (χ3n) is 3.53. The van der Waals surface area contributed by atoms with Gasteiger partial charge in [-0.2, -0.15) is 0 Å². The quantitative estimate of drug-likeness (QED) is 0.779. The van der Waals surface area contributed by atoms with Crippen molar-refractivity contribution in [2.24, 2.45) is 0 Å². The summed E-state index contributed by atoms with van der Waals surface area (Å²) < 4.78 is 39.5. The van der Waals surface area contributed by atoms with Crippen LogP contribution in [0.1, 0.15) is 15.9 Å². The van der Waals surface area contributed by atoms with E-state index in [2.05, 4.69) is 6.58 Å². The van der Waals surface area contributed by atoms with E-state index in [1.54, 1.807) is 24.3 Å². The molecule has 4 nitrogen and oxygen atoms in total. The Labute approximate surface area is 132 Å². The standard InChI is InChI=1S/C15H11F3N2O2S/c1-9-11-4-2-3-5-12(11)15(21)20(9)10-6-7-13(19-22)14(8-10)23(16,17)18/h2-8,19,22H,1H2. The molecular formula is C15H11F3N2O2S. The maximum Gasteiger partial charge on any atom is 0.263 e. The van der Waals surface area contributed by atoms with Gasteiger partial charge in [0.25, 0.3) is 5.91 Å². The summed E-state index contributed by atoms with van der Waals surface area (Å²) >= 11 is -5.59. The van der Waals surface area contributed by atoms with Crippen LogP contribution in [0, 0.1) is 0 Å². The van der Waals surface area contributed by atoms with Crippen LogP contribution in [0.25, 0.3) is 5.70 Å². The van der Waals surface area contributed by atoms with Gasteiger partial charge in [-0.1, -0.05) is 24.8 Å². The molecule has 1 amide bonds. The number of fused-ring (bicyclic) bond motifs is 1. The molecule has 0 spiro atoms. The van der Waals surface area contributed by atoms with Gasteiger partial charge in [-0.05, 0) is 24.3 Å². The highest BCUT2D eigenvalue weighted by Gasteiger charge is 2.34. The minimum absolute atomic E-state index is 0.0509. The number of hydrogen-bond acceptors (Lipinski definition) is 3. The Morgan fingerprint density at radius 2 is 1.74 bits per heavy atom. The van der Waals surface area contributed by atoms with Crippen molar-refractivity contribution in [2.45, 2.75) is 4.90 Å². The number of benzene rings is 2. The molecule has 2 N–H and O–H groups in total. The van der Waals surface area contributed by atoms with Gasteiger partial charge in [0.15, 0.2) is 0 Å². The van der Waals surface area contributed by atoms with Crippen molar-refractivity contribution in [3.63, 3.8) is 0 Å². The SMILES string of the molecule is C=C1c2ccccc2C(=O)N1c1ccc(NO)c(S(F)(F)F)c1. The number of hydrogen-bond donors (Lipinski definition) is 2. The van der Waals surface area contributed by atoms with Crippen molar-refractivity contribution in [2.75, 3.05) is 10.4 Å². The molecule has 23 heavy (non-hydrogen) atoms. The minimum Gasteiger partial charge on any atom is -0.291 e. The van der Waals surface area contributed by atoms with E-state index < -0.39 is 27.7 Å². The monoisotopic (exact) mass is 340 g/mol. The summed E-state index contributed by atoms with van der Waals surface area (Å²) in [6.07, 6.45) is 0. The van der Waals surface area contributed by atoms with Crippen molar-refractivity contribution >= 4 is 34.2 Å². The van der Waals surface area contributed by atoms with Gasteiger partial charge in [-0.25, -0.2) is 0 Å². The molecule has 0 saturated carbocycles. The van der Waals surface area contributed by atoms with Crippen molar-refractivity contribution in [1.82, 2.24) is 0 Å². The Hall–Kier alpha value is -2.45. The normalized spacial score (nSPS) is 14.9. The predicted octanol–water partition coefficient (Wildman–Crippen LogP) is 4.94. The van der Waals surface area contributed by atoms with Gasteiger partial charge in [0.2, 0.25) is 11.2 Å². The summed E-state index contributed by atoms with van der Waals surface area (Å²) in [5, 5.41) is 8.85. The molecule has 2 aromatic rings. The zero-order valence-corrected chi connectivity index (χ0v) is 12.4. The van der Waals surface area contributed by atoms with E-state index in [4.69, 9.17) is 5.21 Å². The van der Waals surface area contributed by atoms with Crippen molar-refractivity contribution in [1.29, 1.82) is 0 Å². The Morgan fingerprint density at radius 1 is 1.09 bits per heavy atom. The third-order valence-corrected chi connectivity index (χ3v) is 4.37. The van der Waals surface area contributed by atoms with E-state index >= 15 is 0 Å². The molecule has 8 heteroatoms. The molecule has 1 heterocycles. The van der Waals surface area contributed by atoms with Crippen LogP contribution in [0.3, 0.4) is 0 Å². The highest BCUT2D eigenvalue weighted by atomic mass is 32.3. The fraction of sp³-hybridized carbons (Fsp3) is 0. The number of nitrogens with zero attached hydrogens (tertiary/aromatic N) is 1. The van der Waals surface area contributed by atoms with E-state index in [0.29, 0.717) is 16.8 Å². The first-order valence-corrected chi connectivity index (χ1v) is 7.77. The van der Waals surface area contributed by atoms with Gasteiger partial charge in [0, 0.05) is 11.1 Å². The van der Waals surface area contributed by atoms with E-state index in [9.17, 15) is 16.5 Å². The van der Waals surface area contributed by atoms with Gasteiger partial charge in [-0.3, -0.25) is 20.4 Å². The number of nitrogens with one attached hydrogen (secondary N) is 1. The fourth-order valence-corrected chi connectivity index (χ4v) is 3.11. The molecule has 0 bridgehead atoms. The summed E-state index contributed by atoms with van der Waals surface area (Å²) in [4.78, 5) is 12.6. The van der Waals surface area contributed by atoms with Gasteiger partial charge >= 0.3 is 0 Å². The predicted molar refractivity (Wildman–Crippen MR) is 83.3 cm³/mol. The molecule has 3 rings (SSSR count). The lowest BCUT2D eigenvalue weighted by Gasteiger charge is -2.21. The first-order chi connectivity index (χ1) is 10.8. The topological polar surface area (TPSA) is 52.6 Å². The molecule has 120 valence electrons. The Morgan fingerprint density at radius 3 is 2.30 bits per heavy atom. The number of anilines is 2. The molecule has 0 unspecified atom stereocenters. The number of carbonyl (C=O) groups excluding carboxylic acids is 1. The van der Waals surface area contributed by atoms with Crippen LogP contribution in [0.15, 0.2) is 53.9 Å². The zero-order chi connectivity index (χ0) is 16.8. The number of rotatable bonds is 3. The average Bonchev–Trinajstić information content (AvgIpc) is 2.78. The van der Waals surface area contributed by atoms with Crippen LogP contribution < -0.4 is 10.4 Å². The average molecular weight is 340 g/mol. The lowest BCUT2D eigenvalue weighted by atomic mass is 10.1. The van der Waals surface area contributed by atoms with Crippen molar-refractivity contribution in [3.8, 4) is 0 Å². The summed E-state index contributed by atoms with van der Waals surface area (Å²) in [6.45, 7) is 3.80. The summed E-state index contributed by atoms with van der Waals surface area (Å²) in [5.74, 6) is -0.432. The number of halogens is 3. The highest BCUT2D eigenvalue weighted by Crippen LogP contribution is 2.63. The molecule has 0 atom stereocenters. The maximum absolute atomic E-state index is 13.2. The van der Waals surface area contributed by atoms with Gasteiger partial charge in [0.05, 0.1) is 17.1 Å². The number of carbonyl (C=O) groups is 1. The van der Waals surface area contributed by atoms with E-state index in [1.165, 1.54) is 11.5 Å². The van der Waals surface area contributed by atoms with Crippen LogP contribution in [0.5, 0.6) is 0 Å². The first kappa shape index (κ1) is 15.4. The third kappa shape index (κ3) is 2.45. The zero-order valence-electron chi connectivity index (χ0n) is 11.6. The molecule has 1 aliphatic heterocycles. The minimum atomic E-state index is -5.59.